The van der Waals surface area contributed by atoms with Crippen molar-refractivity contribution in [2.75, 3.05) is 18.0 Å². The van der Waals surface area contributed by atoms with Gasteiger partial charge in [-0.05, 0) is 24.0 Å². The van der Waals surface area contributed by atoms with E-state index in [0.717, 1.165) is 17.7 Å². The van der Waals surface area contributed by atoms with Crippen LogP contribution in [-0.4, -0.2) is 24.9 Å². The first-order chi connectivity index (χ1) is 9.95. The minimum atomic E-state index is -0.00555. The molecule has 1 N–H and O–H groups in total. The van der Waals surface area contributed by atoms with Gasteiger partial charge in [-0.1, -0.05) is 39.0 Å². The number of nitrogens with one attached hydrogen (secondary N) is 1. The fourth-order valence-corrected chi connectivity index (χ4v) is 2.27. The molecule has 1 aromatic carbocycles. The quantitative estimate of drug-likeness (QED) is 0.839. The Hall–Kier alpha value is -1.84. The van der Waals surface area contributed by atoms with Gasteiger partial charge in [-0.25, -0.2) is 0 Å². The molecule has 1 aromatic rings. The number of rotatable bonds is 7. The van der Waals surface area contributed by atoms with Gasteiger partial charge >= 0.3 is 0 Å². The molecule has 0 bridgehead atoms. The van der Waals surface area contributed by atoms with Crippen LogP contribution in [0.4, 0.5) is 5.69 Å². The number of nitrogens with zero attached hydrogens (tertiary/aromatic N) is 1. The lowest BCUT2D eigenvalue weighted by Gasteiger charge is -2.24. The van der Waals surface area contributed by atoms with Crippen molar-refractivity contribution in [2.24, 2.45) is 5.92 Å². The van der Waals surface area contributed by atoms with Crippen molar-refractivity contribution in [1.82, 2.24) is 5.32 Å². The smallest absolute Gasteiger partial charge is 0.223 e. The number of anilines is 1. The van der Waals surface area contributed by atoms with Gasteiger partial charge in [0.2, 0.25) is 11.8 Å². The highest BCUT2D eigenvalue weighted by molar-refractivity contribution is 5.92. The minimum absolute atomic E-state index is 0.00555. The molecule has 0 heterocycles. The maximum absolute atomic E-state index is 11.9. The van der Waals surface area contributed by atoms with Crippen molar-refractivity contribution in [3.8, 4) is 0 Å². The van der Waals surface area contributed by atoms with E-state index in [-0.39, 0.29) is 11.8 Å². The lowest BCUT2D eigenvalue weighted by atomic mass is 10.1. The molecule has 0 unspecified atom stereocenters. The highest BCUT2D eigenvalue weighted by Gasteiger charge is 2.14. The standard InChI is InChI=1S/C17H26N2O2/c1-5-15-8-6-7-9-16(15)19(14(4)20)11-10-18-17(21)12-13(2)3/h6-9,13H,5,10-12H2,1-4H3,(H,18,21). The van der Waals surface area contributed by atoms with Crippen molar-refractivity contribution in [2.45, 2.75) is 40.5 Å². The van der Waals surface area contributed by atoms with Gasteiger partial charge in [0, 0.05) is 32.1 Å². The summed E-state index contributed by atoms with van der Waals surface area (Å²) in [5, 5.41) is 2.87. The lowest BCUT2D eigenvalue weighted by Crippen LogP contribution is -2.38. The molecule has 0 atom stereocenters. The highest BCUT2D eigenvalue weighted by Crippen LogP contribution is 2.20. The number of benzene rings is 1. The molecule has 0 aliphatic carbocycles. The van der Waals surface area contributed by atoms with Crippen LogP contribution in [0, 0.1) is 5.92 Å². The zero-order valence-electron chi connectivity index (χ0n) is 13.5. The fourth-order valence-electron chi connectivity index (χ4n) is 2.27. The number of carbonyl (C=O) groups is 2. The molecular formula is C17H26N2O2. The van der Waals surface area contributed by atoms with Gasteiger partial charge in [-0.3, -0.25) is 9.59 Å². The number of para-hydroxylation sites is 1. The Bertz CT molecular complexity index is 483. The molecule has 4 heteroatoms. The van der Waals surface area contributed by atoms with E-state index in [2.05, 4.69) is 12.2 Å². The summed E-state index contributed by atoms with van der Waals surface area (Å²) in [6.45, 7) is 8.63. The van der Waals surface area contributed by atoms with E-state index in [0.29, 0.717) is 25.4 Å². The number of carbonyl (C=O) groups excluding carboxylic acids is 2. The maximum Gasteiger partial charge on any atom is 0.223 e. The van der Waals surface area contributed by atoms with Crippen LogP contribution in [0.2, 0.25) is 0 Å². The molecule has 0 aliphatic heterocycles. The van der Waals surface area contributed by atoms with Crippen LogP contribution in [0.5, 0.6) is 0 Å². The normalized spacial score (nSPS) is 10.5. The van der Waals surface area contributed by atoms with E-state index in [9.17, 15) is 9.59 Å². The average molecular weight is 290 g/mol. The van der Waals surface area contributed by atoms with Gasteiger partial charge in [-0.2, -0.15) is 0 Å². The summed E-state index contributed by atoms with van der Waals surface area (Å²) < 4.78 is 0. The Labute approximate surface area is 127 Å². The summed E-state index contributed by atoms with van der Waals surface area (Å²) in [6.07, 6.45) is 1.39. The topological polar surface area (TPSA) is 49.4 Å². The van der Waals surface area contributed by atoms with Gasteiger partial charge < -0.3 is 10.2 Å². The van der Waals surface area contributed by atoms with Crippen LogP contribution in [0.3, 0.4) is 0 Å². The Morgan fingerprint density at radius 1 is 1.24 bits per heavy atom. The van der Waals surface area contributed by atoms with Crippen molar-refractivity contribution >= 4 is 17.5 Å². The summed E-state index contributed by atoms with van der Waals surface area (Å²) in [7, 11) is 0. The van der Waals surface area contributed by atoms with Crippen LogP contribution in [0.1, 0.15) is 39.7 Å². The predicted octanol–water partition coefficient (Wildman–Crippen LogP) is 2.76. The third-order valence-corrected chi connectivity index (χ3v) is 3.29. The lowest BCUT2D eigenvalue weighted by molar-refractivity contribution is -0.122. The van der Waals surface area contributed by atoms with E-state index in [1.807, 2.05) is 38.1 Å². The Morgan fingerprint density at radius 2 is 1.90 bits per heavy atom. The molecular weight excluding hydrogens is 264 g/mol. The summed E-state index contributed by atoms with van der Waals surface area (Å²) >= 11 is 0. The Morgan fingerprint density at radius 3 is 2.48 bits per heavy atom. The molecule has 116 valence electrons. The molecule has 2 amide bonds. The molecule has 0 saturated heterocycles. The van der Waals surface area contributed by atoms with Gasteiger partial charge in [-0.15, -0.1) is 0 Å². The second kappa shape index (κ2) is 8.45. The van der Waals surface area contributed by atoms with Crippen LogP contribution >= 0.6 is 0 Å². The van der Waals surface area contributed by atoms with Gasteiger partial charge in [0.15, 0.2) is 0 Å². The molecule has 0 aliphatic rings. The van der Waals surface area contributed by atoms with Gasteiger partial charge in [0.1, 0.15) is 0 Å². The van der Waals surface area contributed by atoms with Gasteiger partial charge in [0.05, 0.1) is 0 Å². The van der Waals surface area contributed by atoms with Crippen molar-refractivity contribution in [3.63, 3.8) is 0 Å². The molecule has 0 fully saturated rings. The number of hydrogen-bond acceptors (Lipinski definition) is 2. The Kier molecular flexibility index (Phi) is 6.92. The van der Waals surface area contributed by atoms with E-state index in [1.54, 1.807) is 11.8 Å². The van der Waals surface area contributed by atoms with Crippen molar-refractivity contribution < 1.29 is 9.59 Å². The zero-order chi connectivity index (χ0) is 15.8. The number of amides is 2. The number of hydrogen-bond donors (Lipinski definition) is 1. The monoisotopic (exact) mass is 290 g/mol. The molecule has 0 spiro atoms. The van der Waals surface area contributed by atoms with Gasteiger partial charge in [0.25, 0.3) is 0 Å². The predicted molar refractivity (Wildman–Crippen MR) is 86.3 cm³/mol. The van der Waals surface area contributed by atoms with Crippen molar-refractivity contribution in [3.05, 3.63) is 29.8 Å². The fraction of sp³-hybridized carbons (Fsp3) is 0.529. The van der Waals surface area contributed by atoms with Crippen LogP contribution in [0.25, 0.3) is 0 Å². The highest BCUT2D eigenvalue weighted by atomic mass is 16.2. The second-order valence-electron chi connectivity index (χ2n) is 5.60. The summed E-state index contributed by atoms with van der Waals surface area (Å²) in [5.41, 5.74) is 2.08. The first-order valence-corrected chi connectivity index (χ1v) is 7.58. The van der Waals surface area contributed by atoms with Crippen LogP contribution < -0.4 is 10.2 Å². The second-order valence-corrected chi connectivity index (χ2v) is 5.60. The molecule has 0 aromatic heterocycles. The molecule has 21 heavy (non-hydrogen) atoms. The molecule has 0 saturated carbocycles. The first kappa shape index (κ1) is 17.2. The minimum Gasteiger partial charge on any atom is -0.354 e. The van der Waals surface area contributed by atoms with Crippen LogP contribution in [0.15, 0.2) is 24.3 Å². The summed E-state index contributed by atoms with van der Waals surface area (Å²) in [6, 6.07) is 7.89. The molecule has 0 radical (unpaired) electrons. The number of aryl methyl sites for hydroxylation is 1. The third-order valence-electron chi connectivity index (χ3n) is 3.29. The van der Waals surface area contributed by atoms with Crippen LogP contribution in [-0.2, 0) is 16.0 Å². The first-order valence-electron chi connectivity index (χ1n) is 7.58. The summed E-state index contributed by atoms with van der Waals surface area (Å²) in [5.74, 6) is 0.376. The van der Waals surface area contributed by atoms with E-state index < -0.39 is 0 Å². The molecule has 4 nitrogen and oxygen atoms in total. The SMILES string of the molecule is CCc1ccccc1N(CCNC(=O)CC(C)C)C(C)=O. The average Bonchev–Trinajstić information content (AvgIpc) is 2.42. The van der Waals surface area contributed by atoms with E-state index >= 15 is 0 Å². The van der Waals surface area contributed by atoms with E-state index in [1.165, 1.54) is 0 Å². The van der Waals surface area contributed by atoms with E-state index in [4.69, 9.17) is 0 Å². The third kappa shape index (κ3) is 5.58. The zero-order valence-corrected chi connectivity index (χ0v) is 13.5. The van der Waals surface area contributed by atoms with Crippen molar-refractivity contribution in [1.29, 1.82) is 0 Å². The largest absolute Gasteiger partial charge is 0.354 e. The molecule has 1 rings (SSSR count). The summed E-state index contributed by atoms with van der Waals surface area (Å²) in [4.78, 5) is 25.3. The Balaban J connectivity index is 2.67. The maximum atomic E-state index is 11.9.